The number of H-pyrrole nitrogens is 1. The fourth-order valence-electron chi connectivity index (χ4n) is 6.23. The summed E-state index contributed by atoms with van der Waals surface area (Å²) in [5.74, 6) is -0.135. The molecule has 0 bridgehead atoms. The van der Waals surface area contributed by atoms with Crippen LogP contribution in [0.15, 0.2) is 48.7 Å². The fourth-order valence-corrected chi connectivity index (χ4v) is 6.23. The zero-order valence-electron chi connectivity index (χ0n) is 22.8. The van der Waals surface area contributed by atoms with Gasteiger partial charge in [-0.05, 0) is 61.7 Å². The molecule has 0 saturated carbocycles. The molecule has 10 heteroatoms. The molecule has 2 atom stereocenters. The molecule has 3 fully saturated rings. The number of aromatic amines is 1. The Labute approximate surface area is 238 Å². The lowest BCUT2D eigenvalue weighted by Crippen LogP contribution is -2.44. The number of imidazole rings is 1. The number of hydrogen-bond acceptors (Lipinski definition) is 6. The van der Waals surface area contributed by atoms with Gasteiger partial charge in [-0.2, -0.15) is 5.26 Å². The average molecular weight is 558 g/mol. The van der Waals surface area contributed by atoms with Gasteiger partial charge in [-0.3, -0.25) is 10.3 Å². The zero-order chi connectivity index (χ0) is 28.3. The summed E-state index contributed by atoms with van der Waals surface area (Å²) in [7, 11) is 0. The van der Waals surface area contributed by atoms with Crippen LogP contribution in [-0.2, 0) is 4.74 Å². The van der Waals surface area contributed by atoms with E-state index < -0.39 is 11.6 Å². The Hall–Kier alpha value is -4.07. The second-order valence-electron chi connectivity index (χ2n) is 10.8. The lowest BCUT2D eigenvalue weighted by Gasteiger charge is -2.32. The van der Waals surface area contributed by atoms with Crippen molar-refractivity contribution in [2.24, 2.45) is 0 Å². The molecule has 8 nitrogen and oxygen atoms in total. The number of benzene rings is 2. The highest BCUT2D eigenvalue weighted by molar-refractivity contribution is 5.94. The molecule has 3 saturated heterocycles. The van der Waals surface area contributed by atoms with Gasteiger partial charge in [-0.25, -0.2) is 13.8 Å². The van der Waals surface area contributed by atoms with Crippen LogP contribution in [0.2, 0.25) is 0 Å². The summed E-state index contributed by atoms with van der Waals surface area (Å²) in [6.07, 6.45) is 7.62. The molecule has 2 aromatic carbocycles. The minimum absolute atomic E-state index is 0.221. The van der Waals surface area contributed by atoms with Crippen molar-refractivity contribution in [3.63, 3.8) is 0 Å². The van der Waals surface area contributed by atoms with E-state index >= 15 is 0 Å². The number of rotatable bonds is 6. The minimum atomic E-state index is -0.481. The van der Waals surface area contributed by atoms with E-state index in [1.807, 2.05) is 18.2 Å². The van der Waals surface area contributed by atoms with Crippen LogP contribution in [0.25, 0.3) is 17.3 Å². The van der Waals surface area contributed by atoms with E-state index in [0.717, 1.165) is 81.3 Å². The Bertz CT molecular complexity index is 1490. The molecule has 2 unspecified atom stereocenters. The second kappa shape index (κ2) is 11.8. The van der Waals surface area contributed by atoms with Gasteiger partial charge in [-0.1, -0.05) is 6.07 Å². The number of anilines is 1. The van der Waals surface area contributed by atoms with Gasteiger partial charge in [0.05, 0.1) is 42.4 Å². The third-order valence-electron chi connectivity index (χ3n) is 8.37. The molecule has 0 radical (unpaired) electrons. The van der Waals surface area contributed by atoms with Gasteiger partial charge in [-0.15, -0.1) is 0 Å². The lowest BCUT2D eigenvalue weighted by atomic mass is 10.0. The molecular weight excluding hydrogens is 524 g/mol. The van der Waals surface area contributed by atoms with Crippen LogP contribution in [-0.4, -0.2) is 77.6 Å². The molecule has 3 aromatic rings. The Morgan fingerprint density at radius 1 is 1.10 bits per heavy atom. The zero-order valence-corrected chi connectivity index (χ0v) is 22.8. The highest BCUT2D eigenvalue weighted by atomic mass is 19.1. The Morgan fingerprint density at radius 3 is 2.78 bits per heavy atom. The maximum Gasteiger partial charge on any atom is 0.130 e. The quantitative estimate of drug-likeness (QED) is 0.329. The molecule has 2 N–H and O–H groups in total. The van der Waals surface area contributed by atoms with E-state index in [0.29, 0.717) is 30.4 Å². The minimum Gasteiger partial charge on any atom is -0.379 e. The van der Waals surface area contributed by atoms with E-state index in [4.69, 9.17) is 10.1 Å². The van der Waals surface area contributed by atoms with E-state index in [2.05, 4.69) is 25.8 Å². The molecule has 4 heterocycles. The number of ether oxygens (including phenoxy) is 1. The molecule has 1 aromatic heterocycles. The summed E-state index contributed by atoms with van der Waals surface area (Å²) in [5.41, 5.74) is 3.61. The molecular formula is C31H33F2N7O. The van der Waals surface area contributed by atoms with Crippen molar-refractivity contribution in [3.8, 4) is 17.3 Å². The molecule has 3 aliphatic heterocycles. The largest absolute Gasteiger partial charge is 0.379 e. The SMILES string of the molecule is N#Cc1ccc(-c2cnc(C=CC(=N)N3CCCC3c3cc(F)ccc3F)[nH]2)cc1N1CCC(N2CCOCC2)C1. The Morgan fingerprint density at radius 2 is 1.95 bits per heavy atom. The first-order chi connectivity index (χ1) is 20.0. The fraction of sp³-hybridized carbons (Fsp3) is 0.387. The van der Waals surface area contributed by atoms with E-state index in [-0.39, 0.29) is 17.4 Å². The summed E-state index contributed by atoms with van der Waals surface area (Å²) in [6.45, 7) is 5.83. The van der Waals surface area contributed by atoms with Crippen molar-refractivity contribution in [1.29, 1.82) is 10.7 Å². The maximum absolute atomic E-state index is 14.4. The monoisotopic (exact) mass is 557 g/mol. The number of nitrogens with one attached hydrogen (secondary N) is 2. The van der Waals surface area contributed by atoms with Gasteiger partial charge in [0.15, 0.2) is 0 Å². The molecule has 41 heavy (non-hydrogen) atoms. The molecule has 0 amide bonds. The van der Waals surface area contributed by atoms with Crippen molar-refractivity contribution < 1.29 is 13.5 Å². The van der Waals surface area contributed by atoms with Crippen LogP contribution in [0.4, 0.5) is 14.5 Å². The summed E-state index contributed by atoms with van der Waals surface area (Å²) >= 11 is 0. The Kier molecular flexibility index (Phi) is 7.81. The van der Waals surface area contributed by atoms with Crippen LogP contribution in [0.5, 0.6) is 0 Å². The summed E-state index contributed by atoms with van der Waals surface area (Å²) in [5, 5.41) is 18.4. The first-order valence-electron chi connectivity index (χ1n) is 14.1. The highest BCUT2D eigenvalue weighted by Crippen LogP contribution is 2.34. The van der Waals surface area contributed by atoms with E-state index in [9.17, 15) is 14.0 Å². The van der Waals surface area contributed by atoms with E-state index in [1.165, 1.54) is 6.07 Å². The number of morpholine rings is 1. The van der Waals surface area contributed by atoms with Gasteiger partial charge in [0.1, 0.15) is 29.4 Å². The number of nitriles is 1. The van der Waals surface area contributed by atoms with Gasteiger partial charge >= 0.3 is 0 Å². The number of aromatic nitrogens is 2. The predicted octanol–water partition coefficient (Wildman–Crippen LogP) is 4.97. The second-order valence-corrected chi connectivity index (χ2v) is 10.8. The van der Waals surface area contributed by atoms with Gasteiger partial charge < -0.3 is 19.5 Å². The third-order valence-corrected chi connectivity index (χ3v) is 8.37. The normalized spacial score (nSPS) is 21.6. The van der Waals surface area contributed by atoms with Crippen LogP contribution in [0.3, 0.4) is 0 Å². The highest BCUT2D eigenvalue weighted by Gasteiger charge is 2.31. The summed E-state index contributed by atoms with van der Waals surface area (Å²) < 4.78 is 33.7. The van der Waals surface area contributed by atoms with Gasteiger partial charge in [0.2, 0.25) is 0 Å². The Balaban J connectivity index is 1.15. The van der Waals surface area contributed by atoms with Crippen molar-refractivity contribution in [2.45, 2.75) is 31.3 Å². The standard InChI is InChI=1S/C31H33F2N7O/c32-23-5-6-26(33)25(17-23)28-2-1-10-40(28)30(35)7-8-31-36-19-27(37-31)21-3-4-22(18-34)29(16-21)39-11-9-24(20-39)38-12-14-41-15-13-38/h3-8,16-17,19,24,28,35H,1-2,9-15,20H2,(H,36,37). The van der Waals surface area contributed by atoms with Crippen LogP contribution < -0.4 is 4.90 Å². The third kappa shape index (κ3) is 5.73. The van der Waals surface area contributed by atoms with Crippen LogP contribution >= 0.6 is 0 Å². The molecule has 3 aliphatic rings. The van der Waals surface area contributed by atoms with Gasteiger partial charge in [0.25, 0.3) is 0 Å². The van der Waals surface area contributed by atoms with Crippen LogP contribution in [0.1, 0.15) is 42.3 Å². The van der Waals surface area contributed by atoms with Gasteiger partial charge in [0, 0.05) is 49.9 Å². The van der Waals surface area contributed by atoms with Crippen molar-refractivity contribution >= 4 is 17.6 Å². The van der Waals surface area contributed by atoms with Crippen molar-refractivity contribution in [1.82, 2.24) is 19.8 Å². The number of amidine groups is 1. The molecule has 212 valence electrons. The van der Waals surface area contributed by atoms with E-state index in [1.54, 1.807) is 23.2 Å². The van der Waals surface area contributed by atoms with Crippen molar-refractivity contribution in [3.05, 3.63) is 77.3 Å². The molecule has 0 aliphatic carbocycles. The first-order valence-corrected chi connectivity index (χ1v) is 14.1. The summed E-state index contributed by atoms with van der Waals surface area (Å²) in [6, 6.07) is 11.7. The van der Waals surface area contributed by atoms with Crippen molar-refractivity contribution in [2.75, 3.05) is 50.8 Å². The number of hydrogen-bond donors (Lipinski definition) is 2. The average Bonchev–Trinajstić information content (AvgIpc) is 3.79. The topological polar surface area (TPSA) is 95.3 Å². The smallest absolute Gasteiger partial charge is 0.130 e. The predicted molar refractivity (Wildman–Crippen MR) is 154 cm³/mol. The molecule has 6 rings (SSSR count). The van der Waals surface area contributed by atoms with Crippen LogP contribution in [0, 0.1) is 28.4 Å². The summed E-state index contributed by atoms with van der Waals surface area (Å²) in [4.78, 5) is 14.4. The first kappa shape index (κ1) is 27.1. The molecule has 0 spiro atoms. The number of halogens is 2. The lowest BCUT2D eigenvalue weighted by molar-refractivity contribution is 0.0209. The number of likely N-dealkylation sites (tertiary alicyclic amines) is 1. The maximum atomic E-state index is 14.4. The number of nitrogens with zero attached hydrogens (tertiary/aromatic N) is 5.